The number of hydrogen-bond acceptors (Lipinski definition) is 5. The van der Waals surface area contributed by atoms with E-state index in [4.69, 9.17) is 11.6 Å². The van der Waals surface area contributed by atoms with Crippen molar-refractivity contribution in [1.82, 2.24) is 9.97 Å². The summed E-state index contributed by atoms with van der Waals surface area (Å²) in [6.07, 6.45) is 0. The number of anilines is 2. The van der Waals surface area contributed by atoms with E-state index in [2.05, 4.69) is 15.3 Å². The molecule has 0 aliphatic rings. The van der Waals surface area contributed by atoms with Crippen molar-refractivity contribution >= 4 is 34.1 Å². The first-order valence-electron chi connectivity index (χ1n) is 6.01. The lowest BCUT2D eigenvalue weighted by Gasteiger charge is -2.07. The van der Waals surface area contributed by atoms with Crippen LogP contribution in [-0.4, -0.2) is 20.2 Å². The molecule has 0 aliphatic carbocycles. The third-order valence-electron chi connectivity index (χ3n) is 2.83. The molecule has 1 heterocycles. The summed E-state index contributed by atoms with van der Waals surface area (Å²) in [5.74, 6) is -0.0351. The van der Waals surface area contributed by atoms with Crippen LogP contribution in [0, 0.1) is 0 Å². The number of phenols is 2. The number of nitrogens with zero attached hydrogens (tertiary/aromatic N) is 1. The van der Waals surface area contributed by atoms with E-state index in [-0.39, 0.29) is 23.0 Å². The van der Waals surface area contributed by atoms with Crippen LogP contribution in [0.25, 0.3) is 10.9 Å². The molecule has 6 nitrogen and oxygen atoms in total. The van der Waals surface area contributed by atoms with Gasteiger partial charge in [-0.25, -0.2) is 4.98 Å². The van der Waals surface area contributed by atoms with Gasteiger partial charge < -0.3 is 15.5 Å². The fraction of sp³-hybridized carbons (Fsp3) is 0. The standard InChI is InChI=1S/C14H10ClN3O3/c15-7-1-2-11-12(3-7)17-14(18-13(11)21)16-8-4-9(19)6-10(20)5-8/h1-6,19-20H,(H2,16,17,18,21). The van der Waals surface area contributed by atoms with Crippen molar-refractivity contribution in [3.8, 4) is 11.5 Å². The van der Waals surface area contributed by atoms with Gasteiger partial charge in [-0.1, -0.05) is 11.6 Å². The number of rotatable bonds is 2. The molecule has 7 heteroatoms. The third-order valence-corrected chi connectivity index (χ3v) is 3.07. The highest BCUT2D eigenvalue weighted by Gasteiger charge is 2.06. The van der Waals surface area contributed by atoms with E-state index in [0.717, 1.165) is 0 Å². The number of halogens is 1. The van der Waals surface area contributed by atoms with Crippen molar-refractivity contribution in [3.63, 3.8) is 0 Å². The Morgan fingerprint density at radius 1 is 1.10 bits per heavy atom. The van der Waals surface area contributed by atoms with Crippen LogP contribution in [0.4, 0.5) is 11.6 Å². The molecule has 0 amide bonds. The van der Waals surface area contributed by atoms with Gasteiger partial charge >= 0.3 is 0 Å². The van der Waals surface area contributed by atoms with Crippen molar-refractivity contribution in [2.45, 2.75) is 0 Å². The number of aromatic amines is 1. The lowest BCUT2D eigenvalue weighted by molar-refractivity contribution is 0.451. The maximum atomic E-state index is 12.0. The molecule has 21 heavy (non-hydrogen) atoms. The third kappa shape index (κ3) is 2.75. The van der Waals surface area contributed by atoms with E-state index in [1.165, 1.54) is 18.2 Å². The Morgan fingerprint density at radius 3 is 2.52 bits per heavy atom. The Morgan fingerprint density at radius 2 is 1.81 bits per heavy atom. The fourth-order valence-electron chi connectivity index (χ4n) is 1.98. The zero-order valence-electron chi connectivity index (χ0n) is 10.6. The summed E-state index contributed by atoms with van der Waals surface area (Å²) >= 11 is 5.89. The molecule has 0 fully saturated rings. The van der Waals surface area contributed by atoms with Crippen molar-refractivity contribution in [2.24, 2.45) is 0 Å². The molecular weight excluding hydrogens is 294 g/mol. The summed E-state index contributed by atoms with van der Waals surface area (Å²) in [4.78, 5) is 18.8. The molecule has 0 unspecified atom stereocenters. The Labute approximate surface area is 123 Å². The number of H-pyrrole nitrogens is 1. The largest absolute Gasteiger partial charge is 0.508 e. The molecule has 0 spiro atoms. The molecule has 0 bridgehead atoms. The van der Waals surface area contributed by atoms with Crippen LogP contribution in [0.1, 0.15) is 0 Å². The normalized spacial score (nSPS) is 10.7. The first-order valence-corrected chi connectivity index (χ1v) is 6.39. The van der Waals surface area contributed by atoms with E-state index in [0.29, 0.717) is 21.6 Å². The summed E-state index contributed by atoms with van der Waals surface area (Å²) < 4.78 is 0. The summed E-state index contributed by atoms with van der Waals surface area (Å²) in [6, 6.07) is 8.76. The molecule has 3 aromatic rings. The molecule has 1 aromatic heterocycles. The zero-order valence-corrected chi connectivity index (χ0v) is 11.3. The quantitative estimate of drug-likeness (QED) is 0.583. The first-order chi connectivity index (χ1) is 10.0. The Bertz CT molecular complexity index is 872. The van der Waals surface area contributed by atoms with Crippen LogP contribution < -0.4 is 10.9 Å². The topological polar surface area (TPSA) is 98.2 Å². The number of fused-ring (bicyclic) bond motifs is 1. The lowest BCUT2D eigenvalue weighted by Crippen LogP contribution is -2.11. The van der Waals surface area contributed by atoms with Gasteiger partial charge in [0, 0.05) is 28.9 Å². The lowest BCUT2D eigenvalue weighted by atomic mass is 10.2. The number of nitrogens with one attached hydrogen (secondary N) is 2. The van der Waals surface area contributed by atoms with Crippen LogP contribution in [0.5, 0.6) is 11.5 Å². The molecular formula is C14H10ClN3O3. The minimum absolute atomic E-state index is 0.108. The minimum Gasteiger partial charge on any atom is -0.508 e. The van der Waals surface area contributed by atoms with Gasteiger partial charge in [-0.3, -0.25) is 9.78 Å². The van der Waals surface area contributed by atoms with Crippen LogP contribution in [0.3, 0.4) is 0 Å². The number of aromatic nitrogens is 2. The van der Waals surface area contributed by atoms with Crippen LogP contribution in [0.15, 0.2) is 41.2 Å². The Hall–Kier alpha value is -2.73. The maximum Gasteiger partial charge on any atom is 0.260 e. The van der Waals surface area contributed by atoms with E-state index in [1.807, 2.05) is 0 Å². The van der Waals surface area contributed by atoms with E-state index >= 15 is 0 Å². The van der Waals surface area contributed by atoms with Crippen LogP contribution in [0.2, 0.25) is 5.02 Å². The average molecular weight is 304 g/mol. The Balaban J connectivity index is 2.06. The second-order valence-corrected chi connectivity index (χ2v) is 4.88. The highest BCUT2D eigenvalue weighted by Crippen LogP contribution is 2.25. The summed E-state index contributed by atoms with van der Waals surface area (Å²) in [7, 11) is 0. The molecule has 0 aliphatic heterocycles. The van der Waals surface area contributed by atoms with Gasteiger partial charge in [0.15, 0.2) is 0 Å². The zero-order chi connectivity index (χ0) is 15.0. The molecule has 3 rings (SSSR count). The highest BCUT2D eigenvalue weighted by molar-refractivity contribution is 6.31. The number of benzene rings is 2. The molecule has 0 atom stereocenters. The number of phenolic OH excluding ortho intramolecular Hbond substituents is 2. The molecule has 0 radical (unpaired) electrons. The predicted octanol–water partition coefficient (Wildman–Crippen LogP) is 2.73. The van der Waals surface area contributed by atoms with Gasteiger partial charge in [-0.15, -0.1) is 0 Å². The second-order valence-electron chi connectivity index (χ2n) is 4.44. The maximum absolute atomic E-state index is 12.0. The molecule has 2 aromatic carbocycles. The second kappa shape index (κ2) is 4.99. The number of hydrogen-bond donors (Lipinski definition) is 4. The fourth-order valence-corrected chi connectivity index (χ4v) is 2.14. The smallest absolute Gasteiger partial charge is 0.260 e. The summed E-state index contributed by atoms with van der Waals surface area (Å²) in [6.45, 7) is 0. The molecule has 4 N–H and O–H groups in total. The van der Waals surface area contributed by atoms with Crippen molar-refractivity contribution in [1.29, 1.82) is 0 Å². The predicted molar refractivity (Wildman–Crippen MR) is 80.4 cm³/mol. The number of aromatic hydroxyl groups is 2. The average Bonchev–Trinajstić information content (AvgIpc) is 2.36. The van der Waals surface area contributed by atoms with Crippen LogP contribution >= 0.6 is 11.6 Å². The van der Waals surface area contributed by atoms with Gasteiger partial charge in [0.05, 0.1) is 10.9 Å². The van der Waals surface area contributed by atoms with E-state index < -0.39 is 0 Å². The molecule has 0 saturated carbocycles. The van der Waals surface area contributed by atoms with Gasteiger partial charge in [0.2, 0.25) is 5.95 Å². The van der Waals surface area contributed by atoms with Crippen LogP contribution in [-0.2, 0) is 0 Å². The highest BCUT2D eigenvalue weighted by atomic mass is 35.5. The SMILES string of the molecule is O=c1[nH]c(Nc2cc(O)cc(O)c2)nc2cc(Cl)ccc12. The van der Waals surface area contributed by atoms with Gasteiger partial charge in [0.25, 0.3) is 5.56 Å². The minimum atomic E-state index is -0.316. The van der Waals surface area contributed by atoms with Gasteiger partial charge in [0.1, 0.15) is 11.5 Å². The Kier molecular flexibility index (Phi) is 3.15. The van der Waals surface area contributed by atoms with Gasteiger partial charge in [-0.2, -0.15) is 0 Å². The monoisotopic (exact) mass is 303 g/mol. The summed E-state index contributed by atoms with van der Waals surface area (Å²) in [5, 5.41) is 22.6. The van der Waals surface area contributed by atoms with Crippen molar-refractivity contribution < 1.29 is 10.2 Å². The van der Waals surface area contributed by atoms with Crippen molar-refractivity contribution in [2.75, 3.05) is 5.32 Å². The summed E-state index contributed by atoms with van der Waals surface area (Å²) in [5.41, 5.74) is 0.513. The van der Waals surface area contributed by atoms with Crippen molar-refractivity contribution in [3.05, 3.63) is 51.8 Å². The first kappa shape index (κ1) is 13.3. The van der Waals surface area contributed by atoms with Gasteiger partial charge in [-0.05, 0) is 18.2 Å². The molecule has 0 saturated heterocycles. The van der Waals surface area contributed by atoms with E-state index in [1.54, 1.807) is 18.2 Å². The van der Waals surface area contributed by atoms with E-state index in [9.17, 15) is 15.0 Å². The molecule has 106 valence electrons.